The third-order valence-electron chi connectivity index (χ3n) is 15.2. The SMILES string of the molecule is c1ccc(-c2cc(C3(c4ccccc4)c4ccccc4-c4ccccc43)cc(-c3ccccc3)c2N2CN(c3cccc(Oc4cccc(N5CN(c6ccccc6)c6ccccc65)c4)c3)c3ccccc32)cc1. The maximum atomic E-state index is 6.81. The number of fused-ring (bicyclic) bond motifs is 5. The van der Waals surface area contributed by atoms with Crippen LogP contribution in [-0.2, 0) is 5.41 Å². The highest BCUT2D eigenvalue weighted by molar-refractivity contribution is 6.00. The van der Waals surface area contributed by atoms with Crippen LogP contribution in [0.5, 0.6) is 11.5 Å². The Kier molecular flexibility index (Phi) is 10.5. The van der Waals surface area contributed by atoms with Gasteiger partial charge in [-0.2, -0.15) is 0 Å². The van der Waals surface area contributed by atoms with Crippen molar-refractivity contribution >= 4 is 45.5 Å². The fourth-order valence-corrected chi connectivity index (χ4v) is 12.0. The van der Waals surface area contributed by atoms with E-state index in [2.05, 4.69) is 293 Å². The first-order valence-corrected chi connectivity index (χ1v) is 25.5. The van der Waals surface area contributed by atoms with Crippen LogP contribution in [0.4, 0.5) is 45.5 Å². The number of nitrogens with zero attached hydrogens (tertiary/aromatic N) is 4. The summed E-state index contributed by atoms with van der Waals surface area (Å²) in [6.07, 6.45) is 0. The summed E-state index contributed by atoms with van der Waals surface area (Å²) in [4.78, 5) is 9.66. The topological polar surface area (TPSA) is 22.2 Å². The molecule has 1 aliphatic carbocycles. The monoisotopic (exact) mass is 950 g/mol. The molecule has 5 heteroatoms. The number of para-hydroxylation sites is 5. The van der Waals surface area contributed by atoms with Gasteiger partial charge in [0.25, 0.3) is 0 Å². The summed E-state index contributed by atoms with van der Waals surface area (Å²) in [5.41, 5.74) is 20.7. The number of hydrogen-bond acceptors (Lipinski definition) is 5. The van der Waals surface area contributed by atoms with Gasteiger partial charge in [0.05, 0.1) is 33.9 Å². The van der Waals surface area contributed by atoms with Gasteiger partial charge in [-0.25, -0.2) is 0 Å². The first-order chi connectivity index (χ1) is 36.7. The molecular weight excluding hydrogens is 901 g/mol. The van der Waals surface area contributed by atoms with Crippen molar-refractivity contribution in [1.29, 1.82) is 0 Å². The van der Waals surface area contributed by atoms with E-state index < -0.39 is 5.41 Å². The molecule has 0 saturated carbocycles. The van der Waals surface area contributed by atoms with Crippen LogP contribution in [0, 0.1) is 0 Å². The Hall–Kier alpha value is -9.58. The maximum Gasteiger partial charge on any atom is 0.129 e. The predicted molar refractivity (Wildman–Crippen MR) is 305 cm³/mol. The van der Waals surface area contributed by atoms with E-state index in [0.29, 0.717) is 13.3 Å². The lowest BCUT2D eigenvalue weighted by Gasteiger charge is -2.36. The summed E-state index contributed by atoms with van der Waals surface area (Å²) in [5.74, 6) is 1.55. The summed E-state index contributed by atoms with van der Waals surface area (Å²) < 4.78 is 6.81. The van der Waals surface area contributed by atoms with E-state index in [0.717, 1.165) is 62.4 Å². The lowest BCUT2D eigenvalue weighted by molar-refractivity contribution is 0.483. The van der Waals surface area contributed by atoms with Crippen molar-refractivity contribution in [2.24, 2.45) is 0 Å². The van der Waals surface area contributed by atoms with Gasteiger partial charge in [0.15, 0.2) is 0 Å². The van der Waals surface area contributed by atoms with Gasteiger partial charge in [0.2, 0.25) is 0 Å². The fraction of sp³-hybridized carbons (Fsp3) is 0.0435. The van der Waals surface area contributed by atoms with Crippen molar-refractivity contribution in [1.82, 2.24) is 0 Å². The van der Waals surface area contributed by atoms with E-state index in [1.165, 1.54) is 50.2 Å². The number of anilines is 8. The number of ether oxygens (including phenoxy) is 1. The molecule has 5 nitrogen and oxygen atoms in total. The van der Waals surface area contributed by atoms with Crippen molar-refractivity contribution in [3.8, 4) is 44.9 Å². The summed E-state index contributed by atoms with van der Waals surface area (Å²) in [7, 11) is 0. The van der Waals surface area contributed by atoms with Crippen molar-refractivity contribution in [3.63, 3.8) is 0 Å². The van der Waals surface area contributed by atoms with Crippen LogP contribution in [0.2, 0.25) is 0 Å². The Morgan fingerprint density at radius 2 is 0.662 bits per heavy atom. The first kappa shape index (κ1) is 43.2. The van der Waals surface area contributed by atoms with Crippen LogP contribution in [-0.4, -0.2) is 13.3 Å². The second kappa shape index (κ2) is 17.9. The van der Waals surface area contributed by atoms with E-state index in [-0.39, 0.29) is 0 Å². The molecule has 0 unspecified atom stereocenters. The molecule has 0 amide bonds. The highest BCUT2D eigenvalue weighted by Crippen LogP contribution is 2.59. The number of benzene rings is 11. The molecule has 0 aromatic heterocycles. The quantitative estimate of drug-likeness (QED) is 0.136. The first-order valence-electron chi connectivity index (χ1n) is 25.5. The van der Waals surface area contributed by atoms with Crippen LogP contribution < -0.4 is 24.3 Å². The second-order valence-electron chi connectivity index (χ2n) is 19.3. The predicted octanol–water partition coefficient (Wildman–Crippen LogP) is 17.7. The van der Waals surface area contributed by atoms with Gasteiger partial charge in [-0.05, 0) is 117 Å². The fourth-order valence-electron chi connectivity index (χ4n) is 12.0. The minimum absolute atomic E-state index is 0.582. The zero-order valence-electron chi connectivity index (χ0n) is 40.7. The average Bonchev–Trinajstić information content (AvgIpc) is 4.19. The van der Waals surface area contributed by atoms with Crippen molar-refractivity contribution in [2.45, 2.75) is 5.41 Å². The van der Waals surface area contributed by atoms with Gasteiger partial charge in [-0.3, -0.25) is 0 Å². The molecule has 3 aliphatic rings. The average molecular weight is 951 g/mol. The molecule has 2 aliphatic heterocycles. The molecule has 11 aromatic rings. The standard InChI is InChI=1S/C69H50N4O/c1-5-23-49(24-6-1)60-43-52(69(51-27-9-3-10-28-51)62-37-15-13-35-58(62)59-36-14-16-38-63(59)69)44-61(50-25-7-2-8-26-50)68(60)73-48-72(66-41-19-20-42-67(66)73)55-32-22-34-57(46-55)74-56-33-21-31-54(45-56)71-47-70(53-29-11-4-12-30-53)64-39-17-18-40-65(64)71/h1-46H,47-48H2. The second-order valence-corrected chi connectivity index (χ2v) is 19.3. The zero-order chi connectivity index (χ0) is 49.0. The van der Waals surface area contributed by atoms with Gasteiger partial charge < -0.3 is 24.3 Å². The maximum absolute atomic E-state index is 6.81. The molecule has 352 valence electrons. The van der Waals surface area contributed by atoms with E-state index in [1.807, 2.05) is 6.07 Å². The van der Waals surface area contributed by atoms with Gasteiger partial charge in [0, 0.05) is 40.3 Å². The molecule has 0 atom stereocenters. The smallest absolute Gasteiger partial charge is 0.129 e. The Morgan fingerprint density at radius 1 is 0.284 bits per heavy atom. The lowest BCUT2D eigenvalue weighted by Crippen LogP contribution is -2.29. The molecule has 74 heavy (non-hydrogen) atoms. The van der Waals surface area contributed by atoms with Gasteiger partial charge >= 0.3 is 0 Å². The molecule has 0 saturated heterocycles. The zero-order valence-corrected chi connectivity index (χ0v) is 40.7. The lowest BCUT2D eigenvalue weighted by atomic mass is 9.66. The highest BCUT2D eigenvalue weighted by atomic mass is 16.5. The Balaban J connectivity index is 0.880. The third kappa shape index (κ3) is 7.08. The molecule has 0 fully saturated rings. The van der Waals surface area contributed by atoms with Crippen molar-refractivity contribution in [3.05, 3.63) is 301 Å². The summed E-state index contributed by atoms with van der Waals surface area (Å²) in [6.45, 7) is 1.28. The van der Waals surface area contributed by atoms with E-state index in [4.69, 9.17) is 4.74 Å². The number of hydrogen-bond donors (Lipinski definition) is 0. The van der Waals surface area contributed by atoms with Gasteiger partial charge in [-0.1, -0.05) is 194 Å². The molecule has 2 heterocycles. The van der Waals surface area contributed by atoms with E-state index in [1.54, 1.807) is 0 Å². The molecule has 0 bridgehead atoms. The Labute approximate surface area is 432 Å². The largest absolute Gasteiger partial charge is 0.457 e. The van der Waals surface area contributed by atoms with Crippen LogP contribution in [0.1, 0.15) is 22.3 Å². The molecule has 14 rings (SSSR count). The summed E-state index contributed by atoms with van der Waals surface area (Å²) in [6, 6.07) is 101. The number of rotatable bonds is 10. The van der Waals surface area contributed by atoms with Crippen molar-refractivity contribution < 1.29 is 4.74 Å². The van der Waals surface area contributed by atoms with Gasteiger partial charge in [0.1, 0.15) is 24.8 Å². The van der Waals surface area contributed by atoms with E-state index >= 15 is 0 Å². The van der Waals surface area contributed by atoms with Crippen molar-refractivity contribution in [2.75, 3.05) is 32.9 Å². The van der Waals surface area contributed by atoms with Crippen LogP contribution in [0.15, 0.2) is 279 Å². The molecular formula is C69H50N4O. The normalized spacial score (nSPS) is 13.8. The van der Waals surface area contributed by atoms with Gasteiger partial charge in [-0.15, -0.1) is 0 Å². The highest BCUT2D eigenvalue weighted by Gasteiger charge is 2.47. The Bertz CT molecular complexity index is 3750. The third-order valence-corrected chi connectivity index (χ3v) is 15.2. The molecule has 0 spiro atoms. The minimum Gasteiger partial charge on any atom is -0.457 e. The summed E-state index contributed by atoms with van der Waals surface area (Å²) in [5, 5.41) is 0. The molecule has 0 N–H and O–H groups in total. The Morgan fingerprint density at radius 3 is 1.16 bits per heavy atom. The van der Waals surface area contributed by atoms with Crippen LogP contribution in [0.3, 0.4) is 0 Å². The van der Waals surface area contributed by atoms with E-state index in [9.17, 15) is 0 Å². The summed E-state index contributed by atoms with van der Waals surface area (Å²) >= 11 is 0. The molecule has 0 radical (unpaired) electrons. The van der Waals surface area contributed by atoms with Crippen LogP contribution >= 0.6 is 0 Å². The van der Waals surface area contributed by atoms with Crippen LogP contribution in [0.25, 0.3) is 33.4 Å². The minimum atomic E-state index is -0.587. The molecule has 11 aromatic carbocycles.